The average molecular weight is 249 g/mol. The first-order valence-corrected chi connectivity index (χ1v) is 6.75. The quantitative estimate of drug-likeness (QED) is 0.862. The van der Waals surface area contributed by atoms with E-state index in [1.807, 2.05) is 7.05 Å². The van der Waals surface area contributed by atoms with Crippen molar-refractivity contribution in [1.29, 1.82) is 0 Å². The Balaban J connectivity index is 2.02. The molecule has 1 heterocycles. The molecule has 1 aliphatic rings. The average Bonchev–Trinajstić information content (AvgIpc) is 2.83. The van der Waals surface area contributed by atoms with Crippen molar-refractivity contribution in [2.75, 3.05) is 5.73 Å². The number of carbonyl (C=O) groups excluding carboxylic acids is 1. The maximum absolute atomic E-state index is 12.2. The molecule has 0 aliphatic heterocycles. The number of nitrogen functional groups attached to an aromatic ring is 1. The van der Waals surface area contributed by atoms with Gasteiger partial charge in [-0.2, -0.15) is 0 Å². The predicted octanol–water partition coefficient (Wildman–Crippen LogP) is 2.16. The molecule has 2 rings (SSSR count). The summed E-state index contributed by atoms with van der Waals surface area (Å²) >= 11 is 0. The van der Waals surface area contributed by atoms with Crippen LogP contribution in [0.5, 0.6) is 0 Å². The summed E-state index contributed by atoms with van der Waals surface area (Å²) in [5.41, 5.74) is 6.97. The largest absolute Gasteiger partial charge is 0.397 e. The van der Waals surface area contributed by atoms with E-state index in [1.165, 1.54) is 12.8 Å². The number of aromatic nitrogens is 1. The Labute approximate surface area is 109 Å². The fraction of sp³-hybridized carbons (Fsp3) is 0.643. The highest BCUT2D eigenvalue weighted by Gasteiger charge is 2.32. The molecule has 1 aromatic rings. The molecule has 0 spiro atoms. The number of nitrogens with two attached hydrogens (primary N) is 1. The standard InChI is InChI=1S/C14H23N3O/c1-4-10-5-6-12(9(10)2)16-14(18)13-7-11(15)8-17(13)3/h7-10,12H,4-6,15H2,1-3H3,(H,16,18). The maximum atomic E-state index is 12.2. The Morgan fingerprint density at radius 2 is 2.28 bits per heavy atom. The minimum absolute atomic E-state index is 0.0113. The summed E-state index contributed by atoms with van der Waals surface area (Å²) in [6.45, 7) is 4.47. The lowest BCUT2D eigenvalue weighted by Crippen LogP contribution is -2.38. The summed E-state index contributed by atoms with van der Waals surface area (Å²) in [7, 11) is 1.85. The summed E-state index contributed by atoms with van der Waals surface area (Å²) in [6.07, 6.45) is 5.27. The van der Waals surface area contributed by atoms with Gasteiger partial charge in [-0.25, -0.2) is 0 Å². The predicted molar refractivity (Wildman–Crippen MR) is 73.3 cm³/mol. The number of nitrogens with zero attached hydrogens (tertiary/aromatic N) is 1. The lowest BCUT2D eigenvalue weighted by molar-refractivity contribution is 0.0918. The van der Waals surface area contributed by atoms with Gasteiger partial charge in [-0.3, -0.25) is 4.79 Å². The second-order valence-electron chi connectivity index (χ2n) is 5.45. The molecule has 0 saturated heterocycles. The van der Waals surface area contributed by atoms with E-state index in [9.17, 15) is 4.79 Å². The number of aryl methyl sites for hydroxylation is 1. The number of amides is 1. The van der Waals surface area contributed by atoms with Gasteiger partial charge in [-0.05, 0) is 30.7 Å². The van der Waals surface area contributed by atoms with Crippen LogP contribution in [-0.4, -0.2) is 16.5 Å². The van der Waals surface area contributed by atoms with Crippen LogP contribution in [0.4, 0.5) is 5.69 Å². The van der Waals surface area contributed by atoms with E-state index in [4.69, 9.17) is 5.73 Å². The normalized spacial score (nSPS) is 27.4. The van der Waals surface area contributed by atoms with E-state index in [1.54, 1.807) is 16.8 Å². The Kier molecular flexibility index (Phi) is 3.64. The molecule has 1 amide bonds. The minimum atomic E-state index is -0.0113. The smallest absolute Gasteiger partial charge is 0.268 e. The first-order valence-electron chi connectivity index (χ1n) is 6.75. The number of nitrogens with one attached hydrogen (secondary N) is 1. The molecular weight excluding hydrogens is 226 g/mol. The van der Waals surface area contributed by atoms with Gasteiger partial charge >= 0.3 is 0 Å². The molecule has 0 bridgehead atoms. The van der Waals surface area contributed by atoms with Crippen LogP contribution in [0.1, 0.15) is 43.6 Å². The van der Waals surface area contributed by atoms with Crippen molar-refractivity contribution in [1.82, 2.24) is 9.88 Å². The van der Waals surface area contributed by atoms with Gasteiger partial charge in [-0.15, -0.1) is 0 Å². The van der Waals surface area contributed by atoms with E-state index in [-0.39, 0.29) is 5.91 Å². The number of carbonyl (C=O) groups is 1. The Hall–Kier alpha value is -1.45. The van der Waals surface area contributed by atoms with Crippen LogP contribution in [-0.2, 0) is 7.05 Å². The maximum Gasteiger partial charge on any atom is 0.268 e. The van der Waals surface area contributed by atoms with Crippen LogP contribution < -0.4 is 11.1 Å². The van der Waals surface area contributed by atoms with Crippen molar-refractivity contribution < 1.29 is 4.79 Å². The fourth-order valence-electron chi connectivity index (χ4n) is 3.09. The third-order valence-corrected chi connectivity index (χ3v) is 4.33. The van der Waals surface area contributed by atoms with Gasteiger partial charge in [0.05, 0.1) is 5.69 Å². The Morgan fingerprint density at radius 3 is 2.78 bits per heavy atom. The molecule has 1 aliphatic carbocycles. The van der Waals surface area contributed by atoms with Crippen LogP contribution in [0, 0.1) is 11.8 Å². The zero-order chi connectivity index (χ0) is 13.3. The third-order valence-electron chi connectivity index (χ3n) is 4.33. The molecule has 3 atom stereocenters. The van der Waals surface area contributed by atoms with Gasteiger partial charge in [0.15, 0.2) is 0 Å². The Bertz CT molecular complexity index is 438. The highest BCUT2D eigenvalue weighted by molar-refractivity contribution is 5.94. The molecule has 4 heteroatoms. The van der Waals surface area contributed by atoms with Gasteiger partial charge in [0.25, 0.3) is 5.91 Å². The van der Waals surface area contributed by atoms with Crippen molar-refractivity contribution in [3.63, 3.8) is 0 Å². The second kappa shape index (κ2) is 5.04. The molecule has 3 unspecified atom stereocenters. The minimum Gasteiger partial charge on any atom is -0.397 e. The molecule has 0 aromatic carbocycles. The first-order chi connectivity index (χ1) is 8.52. The number of rotatable bonds is 3. The monoisotopic (exact) mass is 249 g/mol. The fourth-order valence-corrected chi connectivity index (χ4v) is 3.09. The van der Waals surface area contributed by atoms with Gasteiger partial charge in [0.2, 0.25) is 0 Å². The van der Waals surface area contributed by atoms with Gasteiger partial charge in [0, 0.05) is 19.3 Å². The van der Waals surface area contributed by atoms with Gasteiger partial charge in [0.1, 0.15) is 5.69 Å². The van der Waals surface area contributed by atoms with Crippen molar-refractivity contribution in [3.05, 3.63) is 18.0 Å². The van der Waals surface area contributed by atoms with E-state index >= 15 is 0 Å². The van der Waals surface area contributed by atoms with Gasteiger partial charge in [-0.1, -0.05) is 20.3 Å². The molecule has 3 N–H and O–H groups in total. The zero-order valence-electron chi connectivity index (χ0n) is 11.4. The first kappa shape index (κ1) is 13.0. The molecule has 1 aromatic heterocycles. The summed E-state index contributed by atoms with van der Waals surface area (Å²) < 4.78 is 1.78. The van der Waals surface area contributed by atoms with Crippen LogP contribution in [0.2, 0.25) is 0 Å². The molecule has 1 saturated carbocycles. The number of hydrogen-bond donors (Lipinski definition) is 2. The lowest BCUT2D eigenvalue weighted by Gasteiger charge is -2.21. The molecule has 0 radical (unpaired) electrons. The molecule has 100 valence electrons. The van der Waals surface area contributed by atoms with Crippen LogP contribution in [0.3, 0.4) is 0 Å². The van der Waals surface area contributed by atoms with Crippen LogP contribution in [0.25, 0.3) is 0 Å². The molecular formula is C14H23N3O. The molecule has 18 heavy (non-hydrogen) atoms. The van der Waals surface area contributed by atoms with E-state index in [2.05, 4.69) is 19.2 Å². The van der Waals surface area contributed by atoms with Crippen molar-refractivity contribution in [3.8, 4) is 0 Å². The van der Waals surface area contributed by atoms with Crippen molar-refractivity contribution in [2.24, 2.45) is 18.9 Å². The highest BCUT2D eigenvalue weighted by Crippen LogP contribution is 2.34. The van der Waals surface area contributed by atoms with Crippen LogP contribution >= 0.6 is 0 Å². The SMILES string of the molecule is CCC1CCC(NC(=O)c2cc(N)cn2C)C1C. The summed E-state index contributed by atoms with van der Waals surface area (Å²) in [6, 6.07) is 2.03. The number of hydrogen-bond acceptors (Lipinski definition) is 2. The van der Waals surface area contributed by atoms with Gasteiger partial charge < -0.3 is 15.6 Å². The summed E-state index contributed by atoms with van der Waals surface area (Å²) in [4.78, 5) is 12.2. The van der Waals surface area contributed by atoms with Crippen LogP contribution in [0.15, 0.2) is 12.3 Å². The highest BCUT2D eigenvalue weighted by atomic mass is 16.2. The van der Waals surface area contributed by atoms with Crippen molar-refractivity contribution in [2.45, 2.75) is 39.2 Å². The Morgan fingerprint density at radius 1 is 1.56 bits per heavy atom. The topological polar surface area (TPSA) is 60.1 Å². The summed E-state index contributed by atoms with van der Waals surface area (Å²) in [5.74, 6) is 1.30. The van der Waals surface area contributed by atoms with E-state index in [0.717, 1.165) is 12.3 Å². The van der Waals surface area contributed by atoms with E-state index < -0.39 is 0 Å². The van der Waals surface area contributed by atoms with Crippen molar-refractivity contribution >= 4 is 11.6 Å². The molecule has 4 nitrogen and oxygen atoms in total. The summed E-state index contributed by atoms with van der Waals surface area (Å²) in [5, 5.41) is 3.15. The lowest BCUT2D eigenvalue weighted by atomic mass is 9.93. The second-order valence-corrected chi connectivity index (χ2v) is 5.45. The van der Waals surface area contributed by atoms with E-state index in [0.29, 0.717) is 23.3 Å². The molecule has 1 fully saturated rings. The number of anilines is 1. The third kappa shape index (κ3) is 2.37. The zero-order valence-corrected chi connectivity index (χ0v) is 11.4.